The van der Waals surface area contributed by atoms with E-state index >= 15 is 0 Å². The summed E-state index contributed by atoms with van der Waals surface area (Å²) in [5.74, 6) is -0.191. The number of nitrogens with one attached hydrogen (secondary N) is 1. The largest absolute Gasteiger partial charge is 0.378 e. The molecule has 1 amide bonds. The van der Waals surface area contributed by atoms with Crippen molar-refractivity contribution in [3.8, 4) is 0 Å². The molecule has 150 valence electrons. The summed E-state index contributed by atoms with van der Waals surface area (Å²) in [7, 11) is -3.88. The summed E-state index contributed by atoms with van der Waals surface area (Å²) in [5.41, 5.74) is 1.42. The number of benzene rings is 2. The molecule has 2 aromatic rings. The van der Waals surface area contributed by atoms with E-state index < -0.39 is 10.0 Å². The number of ether oxygens (including phenoxy) is 1. The van der Waals surface area contributed by atoms with Crippen LogP contribution in [-0.4, -0.2) is 51.8 Å². The topological polar surface area (TPSA) is 75.7 Å². The van der Waals surface area contributed by atoms with Crippen molar-refractivity contribution < 1.29 is 17.9 Å². The number of morpholine rings is 1. The van der Waals surface area contributed by atoms with E-state index in [4.69, 9.17) is 16.3 Å². The standard InChI is InChI=1S/C19H21ClN2O4S2/c1-13-16(20)4-3-5-17(13)21-28(24,25)14-6-7-18(27-2)15(12-14)19(23)22-8-10-26-11-9-22/h3-7,12,21H,8-11H2,1-2H3. The lowest BCUT2D eigenvalue weighted by Crippen LogP contribution is -2.41. The number of rotatable bonds is 5. The van der Waals surface area contributed by atoms with Gasteiger partial charge in [-0.3, -0.25) is 9.52 Å². The van der Waals surface area contributed by atoms with Crippen molar-refractivity contribution in [2.24, 2.45) is 0 Å². The van der Waals surface area contributed by atoms with E-state index in [0.717, 1.165) is 4.90 Å². The smallest absolute Gasteiger partial charge is 0.261 e. The van der Waals surface area contributed by atoms with E-state index in [1.807, 2.05) is 6.26 Å². The molecule has 1 N–H and O–H groups in total. The molecule has 28 heavy (non-hydrogen) atoms. The van der Waals surface area contributed by atoms with Gasteiger partial charge < -0.3 is 9.64 Å². The van der Waals surface area contributed by atoms with Crippen molar-refractivity contribution in [2.75, 3.05) is 37.3 Å². The van der Waals surface area contributed by atoms with Crippen LogP contribution in [0, 0.1) is 6.92 Å². The third-order valence-electron chi connectivity index (χ3n) is 4.52. The zero-order valence-corrected chi connectivity index (χ0v) is 18.0. The van der Waals surface area contributed by atoms with Gasteiger partial charge in [-0.2, -0.15) is 0 Å². The summed E-state index contributed by atoms with van der Waals surface area (Å²) in [6, 6.07) is 9.63. The van der Waals surface area contributed by atoms with Crippen molar-refractivity contribution in [2.45, 2.75) is 16.7 Å². The lowest BCUT2D eigenvalue weighted by atomic mass is 10.2. The average Bonchev–Trinajstić information content (AvgIpc) is 2.71. The molecular weight excluding hydrogens is 420 g/mol. The van der Waals surface area contributed by atoms with Gasteiger partial charge in [0.25, 0.3) is 15.9 Å². The maximum Gasteiger partial charge on any atom is 0.261 e. The zero-order chi connectivity index (χ0) is 20.3. The summed E-state index contributed by atoms with van der Waals surface area (Å²) in [6.45, 7) is 3.68. The van der Waals surface area contributed by atoms with Crippen LogP contribution >= 0.6 is 23.4 Å². The predicted molar refractivity (Wildman–Crippen MR) is 112 cm³/mol. The van der Waals surface area contributed by atoms with Gasteiger partial charge in [-0.1, -0.05) is 17.7 Å². The highest BCUT2D eigenvalue weighted by molar-refractivity contribution is 7.98. The third-order valence-corrected chi connectivity index (χ3v) is 7.09. The number of hydrogen-bond acceptors (Lipinski definition) is 5. The van der Waals surface area contributed by atoms with E-state index in [9.17, 15) is 13.2 Å². The number of amides is 1. The fourth-order valence-electron chi connectivity index (χ4n) is 2.88. The molecule has 1 heterocycles. The number of carbonyl (C=O) groups is 1. The molecule has 1 fully saturated rings. The number of sulfonamides is 1. The first-order valence-electron chi connectivity index (χ1n) is 8.66. The van der Waals surface area contributed by atoms with Crippen LogP contribution in [0.25, 0.3) is 0 Å². The first-order valence-corrected chi connectivity index (χ1v) is 11.7. The van der Waals surface area contributed by atoms with Crippen LogP contribution in [0.1, 0.15) is 15.9 Å². The average molecular weight is 441 g/mol. The van der Waals surface area contributed by atoms with Gasteiger partial charge in [0.2, 0.25) is 0 Å². The maximum absolute atomic E-state index is 12.9. The van der Waals surface area contributed by atoms with Crippen LogP contribution in [0.15, 0.2) is 46.2 Å². The fourth-order valence-corrected chi connectivity index (χ4v) is 4.77. The minimum atomic E-state index is -3.88. The highest BCUT2D eigenvalue weighted by Gasteiger charge is 2.24. The molecule has 0 saturated carbocycles. The van der Waals surface area contributed by atoms with Gasteiger partial charge in [0.05, 0.1) is 29.4 Å². The second-order valence-corrected chi connectivity index (χ2v) is 9.22. The Bertz CT molecular complexity index is 989. The Labute approximate surface area is 174 Å². The molecule has 0 aliphatic carbocycles. The highest BCUT2D eigenvalue weighted by atomic mass is 35.5. The molecule has 0 radical (unpaired) electrons. The van der Waals surface area contributed by atoms with E-state index in [0.29, 0.717) is 48.1 Å². The van der Waals surface area contributed by atoms with E-state index in [-0.39, 0.29) is 10.8 Å². The van der Waals surface area contributed by atoms with Crippen molar-refractivity contribution in [1.29, 1.82) is 0 Å². The van der Waals surface area contributed by atoms with Crippen LogP contribution in [-0.2, 0) is 14.8 Å². The Kier molecular flexibility index (Phi) is 6.54. The first kappa shape index (κ1) is 21.0. The second-order valence-electron chi connectivity index (χ2n) is 6.28. The van der Waals surface area contributed by atoms with Crippen molar-refractivity contribution in [3.63, 3.8) is 0 Å². The van der Waals surface area contributed by atoms with Gasteiger partial charge >= 0.3 is 0 Å². The van der Waals surface area contributed by atoms with E-state index in [2.05, 4.69) is 4.72 Å². The summed E-state index contributed by atoms with van der Waals surface area (Å²) in [5, 5.41) is 0.473. The molecule has 3 rings (SSSR count). The van der Waals surface area contributed by atoms with Gasteiger partial charge in [-0.25, -0.2) is 8.42 Å². The summed E-state index contributed by atoms with van der Waals surface area (Å²) >= 11 is 7.49. The SMILES string of the molecule is CSc1ccc(S(=O)(=O)Nc2cccc(Cl)c2C)cc1C(=O)N1CCOCC1. The number of anilines is 1. The number of hydrogen-bond donors (Lipinski definition) is 1. The minimum absolute atomic E-state index is 0.0290. The maximum atomic E-state index is 12.9. The van der Waals surface area contributed by atoms with Crippen molar-refractivity contribution >= 4 is 45.0 Å². The van der Waals surface area contributed by atoms with Crippen LogP contribution in [0.3, 0.4) is 0 Å². The Balaban J connectivity index is 1.95. The van der Waals surface area contributed by atoms with Gasteiger partial charge in [0.15, 0.2) is 0 Å². The molecule has 1 saturated heterocycles. The highest BCUT2D eigenvalue weighted by Crippen LogP contribution is 2.28. The van der Waals surface area contributed by atoms with Crippen molar-refractivity contribution in [1.82, 2.24) is 4.90 Å². The first-order chi connectivity index (χ1) is 13.3. The Morgan fingerprint density at radius 1 is 1.21 bits per heavy atom. The molecule has 6 nitrogen and oxygen atoms in total. The van der Waals surface area contributed by atoms with Crippen LogP contribution < -0.4 is 4.72 Å². The fraction of sp³-hybridized carbons (Fsp3) is 0.316. The second kappa shape index (κ2) is 8.73. The van der Waals surface area contributed by atoms with E-state index in [1.165, 1.54) is 23.9 Å². The van der Waals surface area contributed by atoms with Gasteiger partial charge in [0.1, 0.15) is 0 Å². The lowest BCUT2D eigenvalue weighted by molar-refractivity contribution is 0.0300. The van der Waals surface area contributed by atoms with Crippen molar-refractivity contribution in [3.05, 3.63) is 52.5 Å². The summed E-state index contributed by atoms with van der Waals surface area (Å²) in [4.78, 5) is 15.4. The molecule has 9 heteroatoms. The number of thioether (sulfide) groups is 1. The molecule has 0 bridgehead atoms. The van der Waals surface area contributed by atoms with Crippen LogP contribution in [0.4, 0.5) is 5.69 Å². The zero-order valence-electron chi connectivity index (χ0n) is 15.6. The Morgan fingerprint density at radius 3 is 2.61 bits per heavy atom. The Morgan fingerprint density at radius 2 is 1.93 bits per heavy atom. The Hall–Kier alpha value is -1.74. The number of nitrogens with zero attached hydrogens (tertiary/aromatic N) is 1. The van der Waals surface area contributed by atoms with Crippen LogP contribution in [0.5, 0.6) is 0 Å². The lowest BCUT2D eigenvalue weighted by Gasteiger charge is -2.27. The molecule has 2 aromatic carbocycles. The molecule has 1 aliphatic rings. The van der Waals surface area contributed by atoms with Crippen LogP contribution in [0.2, 0.25) is 5.02 Å². The summed E-state index contributed by atoms with van der Waals surface area (Å²) in [6.07, 6.45) is 1.85. The molecule has 0 aromatic heterocycles. The molecular formula is C19H21ClN2O4S2. The molecule has 0 atom stereocenters. The molecule has 0 unspecified atom stereocenters. The van der Waals surface area contributed by atoms with Gasteiger partial charge in [0, 0.05) is 23.0 Å². The minimum Gasteiger partial charge on any atom is -0.378 e. The molecule has 0 spiro atoms. The van der Waals surface area contributed by atoms with Gasteiger partial charge in [-0.05, 0) is 49.1 Å². The third kappa shape index (κ3) is 4.46. The summed E-state index contributed by atoms with van der Waals surface area (Å²) < 4.78 is 33.7. The predicted octanol–water partition coefficient (Wildman–Crippen LogP) is 3.64. The van der Waals surface area contributed by atoms with Gasteiger partial charge in [-0.15, -0.1) is 11.8 Å². The molecule has 1 aliphatic heterocycles. The quantitative estimate of drug-likeness (QED) is 0.718. The normalized spacial score (nSPS) is 14.8. The number of carbonyl (C=O) groups excluding carboxylic acids is 1. The van der Waals surface area contributed by atoms with E-state index in [1.54, 1.807) is 36.1 Å². The number of halogens is 1. The monoisotopic (exact) mass is 440 g/mol.